The largest absolute Gasteiger partial charge is 0.481 e. The molecule has 1 aromatic heterocycles. The minimum Gasteiger partial charge on any atom is -0.481 e. The van der Waals surface area contributed by atoms with E-state index in [1.807, 2.05) is 6.07 Å². The van der Waals surface area contributed by atoms with Crippen LogP contribution in [0.15, 0.2) is 36.5 Å². The van der Waals surface area contributed by atoms with Crippen molar-refractivity contribution < 1.29 is 9.13 Å². The van der Waals surface area contributed by atoms with Gasteiger partial charge in [-0.15, -0.1) is 0 Å². The quantitative estimate of drug-likeness (QED) is 0.907. The number of nitrogens with one attached hydrogen (secondary N) is 1. The lowest BCUT2D eigenvalue weighted by Crippen LogP contribution is -2.21. The highest BCUT2D eigenvalue weighted by molar-refractivity contribution is 5.63. The van der Waals surface area contributed by atoms with Gasteiger partial charge in [0.2, 0.25) is 5.88 Å². The number of hydrogen-bond acceptors (Lipinski definition) is 3. The maximum Gasteiger partial charge on any atom is 0.212 e. The molecule has 4 heteroatoms. The second-order valence-corrected chi connectivity index (χ2v) is 4.94. The third-order valence-electron chi connectivity index (χ3n) is 3.00. The Morgan fingerprint density at radius 3 is 2.60 bits per heavy atom. The predicted octanol–water partition coefficient (Wildman–Crippen LogP) is 3.39. The molecule has 1 heterocycles. The second-order valence-electron chi connectivity index (χ2n) is 4.94. The van der Waals surface area contributed by atoms with E-state index in [1.54, 1.807) is 37.6 Å². The molecule has 1 aromatic carbocycles. The zero-order chi connectivity index (χ0) is 14.5. The first-order valence-corrected chi connectivity index (χ1v) is 6.62. The summed E-state index contributed by atoms with van der Waals surface area (Å²) < 4.78 is 19.2. The number of methoxy groups -OCH3 is 1. The van der Waals surface area contributed by atoms with E-state index in [1.165, 1.54) is 0 Å². The predicted molar refractivity (Wildman–Crippen MR) is 78.2 cm³/mol. The standard InChI is InChI=1S/C16H19FN2O/c1-11(2)18-9-12-4-6-14(15(17)8-12)13-5-7-16(20-3)19-10-13/h4-8,10-11,18H,9H2,1-3H3. The highest BCUT2D eigenvalue weighted by Crippen LogP contribution is 2.24. The first-order valence-electron chi connectivity index (χ1n) is 6.62. The number of hydrogen-bond donors (Lipinski definition) is 1. The van der Waals surface area contributed by atoms with Crippen molar-refractivity contribution >= 4 is 0 Å². The molecule has 0 aliphatic carbocycles. The molecule has 0 unspecified atom stereocenters. The van der Waals surface area contributed by atoms with Crippen molar-refractivity contribution in [3.05, 3.63) is 47.9 Å². The Hall–Kier alpha value is -1.94. The number of benzene rings is 1. The molecule has 0 radical (unpaired) electrons. The maximum absolute atomic E-state index is 14.2. The molecule has 2 rings (SSSR count). The molecule has 0 aliphatic rings. The zero-order valence-electron chi connectivity index (χ0n) is 12.0. The number of nitrogens with zero attached hydrogens (tertiary/aromatic N) is 1. The van der Waals surface area contributed by atoms with Gasteiger partial charge in [-0.3, -0.25) is 0 Å². The van der Waals surface area contributed by atoms with Crippen LogP contribution >= 0.6 is 0 Å². The molecule has 0 saturated carbocycles. The molecule has 0 aliphatic heterocycles. The molecule has 106 valence electrons. The molecule has 1 N–H and O–H groups in total. The van der Waals surface area contributed by atoms with Gasteiger partial charge in [-0.25, -0.2) is 9.37 Å². The fourth-order valence-electron chi connectivity index (χ4n) is 1.89. The summed E-state index contributed by atoms with van der Waals surface area (Å²) in [5.41, 5.74) is 2.22. The molecule has 0 bridgehead atoms. The minimum absolute atomic E-state index is 0.236. The highest BCUT2D eigenvalue weighted by atomic mass is 19.1. The Balaban J connectivity index is 2.20. The van der Waals surface area contributed by atoms with Crippen molar-refractivity contribution in [2.75, 3.05) is 7.11 Å². The van der Waals surface area contributed by atoms with Gasteiger partial charge < -0.3 is 10.1 Å². The fraction of sp³-hybridized carbons (Fsp3) is 0.312. The minimum atomic E-state index is -0.236. The average Bonchev–Trinajstić information content (AvgIpc) is 2.45. The van der Waals surface area contributed by atoms with Crippen LogP contribution in [0, 0.1) is 5.82 Å². The van der Waals surface area contributed by atoms with Crippen molar-refractivity contribution in [3.63, 3.8) is 0 Å². The first kappa shape index (κ1) is 14.5. The molecular formula is C16H19FN2O. The van der Waals surface area contributed by atoms with Gasteiger partial charge >= 0.3 is 0 Å². The van der Waals surface area contributed by atoms with E-state index in [9.17, 15) is 4.39 Å². The summed E-state index contributed by atoms with van der Waals surface area (Å²) >= 11 is 0. The fourth-order valence-corrected chi connectivity index (χ4v) is 1.89. The van der Waals surface area contributed by atoms with Crippen molar-refractivity contribution in [3.8, 4) is 17.0 Å². The normalized spacial score (nSPS) is 10.8. The Bertz CT molecular complexity index is 567. The third kappa shape index (κ3) is 3.54. The van der Waals surface area contributed by atoms with E-state index in [2.05, 4.69) is 24.1 Å². The molecule has 3 nitrogen and oxygen atoms in total. The first-order chi connectivity index (χ1) is 9.60. The van der Waals surface area contributed by atoms with Crippen molar-refractivity contribution in [2.24, 2.45) is 0 Å². The van der Waals surface area contributed by atoms with Crippen LogP contribution in [0.3, 0.4) is 0 Å². The van der Waals surface area contributed by atoms with Crippen LogP contribution in [0.5, 0.6) is 5.88 Å². The molecule has 20 heavy (non-hydrogen) atoms. The summed E-state index contributed by atoms with van der Waals surface area (Å²) in [5, 5.41) is 3.27. The Morgan fingerprint density at radius 2 is 2.05 bits per heavy atom. The van der Waals surface area contributed by atoms with Gasteiger partial charge in [0.05, 0.1) is 7.11 Å². The van der Waals surface area contributed by atoms with Gasteiger partial charge in [-0.05, 0) is 17.7 Å². The monoisotopic (exact) mass is 274 g/mol. The SMILES string of the molecule is COc1ccc(-c2ccc(CNC(C)C)cc2F)cn1. The molecule has 0 atom stereocenters. The van der Waals surface area contributed by atoms with E-state index in [0.717, 1.165) is 11.1 Å². The van der Waals surface area contributed by atoms with Crippen LogP contribution in [-0.2, 0) is 6.54 Å². The van der Waals surface area contributed by atoms with Crippen LogP contribution in [0.1, 0.15) is 19.4 Å². The van der Waals surface area contributed by atoms with Crippen LogP contribution in [0.25, 0.3) is 11.1 Å². The van der Waals surface area contributed by atoms with E-state index in [-0.39, 0.29) is 5.82 Å². The lowest BCUT2D eigenvalue weighted by molar-refractivity contribution is 0.398. The van der Waals surface area contributed by atoms with Crippen molar-refractivity contribution in [2.45, 2.75) is 26.4 Å². The van der Waals surface area contributed by atoms with Gasteiger partial charge in [0.1, 0.15) is 5.82 Å². The Kier molecular flexibility index (Phi) is 4.69. The van der Waals surface area contributed by atoms with E-state index < -0.39 is 0 Å². The third-order valence-corrected chi connectivity index (χ3v) is 3.00. The van der Waals surface area contributed by atoms with Crippen LogP contribution in [0.2, 0.25) is 0 Å². The van der Waals surface area contributed by atoms with E-state index in [0.29, 0.717) is 24.0 Å². The average molecular weight is 274 g/mol. The zero-order valence-corrected chi connectivity index (χ0v) is 12.0. The number of pyridine rings is 1. The number of rotatable bonds is 5. The van der Waals surface area contributed by atoms with Gasteiger partial charge in [-0.2, -0.15) is 0 Å². The smallest absolute Gasteiger partial charge is 0.212 e. The number of halogens is 1. The van der Waals surface area contributed by atoms with Crippen LogP contribution in [-0.4, -0.2) is 18.1 Å². The van der Waals surface area contributed by atoms with Crippen LogP contribution < -0.4 is 10.1 Å². The molecule has 0 spiro atoms. The topological polar surface area (TPSA) is 34.1 Å². The van der Waals surface area contributed by atoms with Crippen LogP contribution in [0.4, 0.5) is 4.39 Å². The molecule has 2 aromatic rings. The molecule has 0 saturated heterocycles. The lowest BCUT2D eigenvalue weighted by Gasteiger charge is -2.10. The molecular weight excluding hydrogens is 255 g/mol. The number of ether oxygens (including phenoxy) is 1. The lowest BCUT2D eigenvalue weighted by atomic mass is 10.0. The van der Waals surface area contributed by atoms with Crippen molar-refractivity contribution in [1.29, 1.82) is 0 Å². The van der Waals surface area contributed by atoms with E-state index >= 15 is 0 Å². The summed E-state index contributed by atoms with van der Waals surface area (Å²) in [7, 11) is 1.55. The Labute approximate surface area is 118 Å². The van der Waals surface area contributed by atoms with Gasteiger partial charge in [-0.1, -0.05) is 26.0 Å². The summed E-state index contributed by atoms with van der Waals surface area (Å²) in [4.78, 5) is 4.10. The molecule has 0 fully saturated rings. The van der Waals surface area contributed by atoms with E-state index in [4.69, 9.17) is 4.74 Å². The van der Waals surface area contributed by atoms with Gasteiger partial charge in [0.15, 0.2) is 0 Å². The molecule has 0 amide bonds. The maximum atomic E-state index is 14.2. The number of aromatic nitrogens is 1. The van der Waals surface area contributed by atoms with Gasteiger partial charge in [0.25, 0.3) is 0 Å². The van der Waals surface area contributed by atoms with Gasteiger partial charge in [0, 0.05) is 36.0 Å². The highest BCUT2D eigenvalue weighted by Gasteiger charge is 2.07. The second kappa shape index (κ2) is 6.48. The summed E-state index contributed by atoms with van der Waals surface area (Å²) in [6, 6.07) is 9.19. The summed E-state index contributed by atoms with van der Waals surface area (Å²) in [5.74, 6) is 0.284. The summed E-state index contributed by atoms with van der Waals surface area (Å²) in [6.45, 7) is 4.79. The summed E-state index contributed by atoms with van der Waals surface area (Å²) in [6.07, 6.45) is 1.61. The Morgan fingerprint density at radius 1 is 1.25 bits per heavy atom. The van der Waals surface area contributed by atoms with Crippen molar-refractivity contribution in [1.82, 2.24) is 10.3 Å².